The van der Waals surface area contributed by atoms with Crippen LogP contribution in [0.15, 0.2) is 0 Å². The third-order valence-electron chi connectivity index (χ3n) is 0.175. The van der Waals surface area contributed by atoms with E-state index in [4.69, 9.17) is 19.8 Å². The van der Waals surface area contributed by atoms with Gasteiger partial charge in [-0.1, -0.05) is 0 Å². The Labute approximate surface area is 60.2 Å². The van der Waals surface area contributed by atoms with Gasteiger partial charge in [0.05, 0.1) is 0 Å². The fraction of sp³-hybridized carbons (Fsp3) is 0. The molecule has 0 unspecified atom stereocenters. The van der Waals surface area contributed by atoms with E-state index in [1.807, 2.05) is 0 Å². The van der Waals surface area contributed by atoms with Crippen molar-refractivity contribution in [3.05, 3.63) is 0 Å². The first-order valence-corrected chi connectivity index (χ1v) is 1.09. The molecule has 0 atom stereocenters. The molecule has 0 saturated carbocycles. The Morgan fingerprint density at radius 3 is 1.50 bits per heavy atom. The standard InChI is InChI=1S/C2H2O4.H3N.Ti/c3-1(4)2(5)6;;/h(H,3,4)(H,5,6);1H3;. The van der Waals surface area contributed by atoms with E-state index in [-0.39, 0.29) is 27.9 Å². The Balaban J connectivity index is -0.000000125. The summed E-state index contributed by atoms with van der Waals surface area (Å²) >= 11 is 0. The minimum atomic E-state index is -2.07. The zero-order valence-corrected chi connectivity index (χ0v) is 5.73. The minimum Gasteiger partial charge on any atom is -0.539 e. The van der Waals surface area contributed by atoms with Gasteiger partial charge in [-0.15, -0.1) is 0 Å². The van der Waals surface area contributed by atoms with Gasteiger partial charge in [0.15, 0.2) is 5.97 Å². The predicted molar refractivity (Wildman–Crippen MR) is 18.6 cm³/mol. The molecule has 0 aromatic rings. The Bertz CT molecular complexity index is 80.0. The summed E-state index contributed by atoms with van der Waals surface area (Å²) in [6.45, 7) is 0. The van der Waals surface area contributed by atoms with E-state index in [0.29, 0.717) is 0 Å². The molecule has 5 N–H and O–H groups in total. The summed E-state index contributed by atoms with van der Waals surface area (Å²) in [5.41, 5.74) is 0. The first-order chi connectivity index (χ1) is 2.64. The van der Waals surface area contributed by atoms with Crippen LogP contribution in [0.3, 0.4) is 0 Å². The van der Waals surface area contributed by atoms with Gasteiger partial charge < -0.3 is 21.2 Å². The normalized spacial score (nSPS) is 5.50. The molecule has 5 nitrogen and oxygen atoms in total. The van der Waals surface area contributed by atoms with Gasteiger partial charge >= 0.3 is 5.97 Å². The van der Waals surface area contributed by atoms with Crippen molar-refractivity contribution >= 4 is 11.9 Å². The average molecular weight is 155 g/mol. The third kappa shape index (κ3) is 9.15. The number of hydrogen-bond acceptors (Lipinski definition) is 3. The van der Waals surface area contributed by atoms with Crippen molar-refractivity contribution < 1.29 is 41.5 Å². The molecule has 0 spiro atoms. The van der Waals surface area contributed by atoms with Crippen molar-refractivity contribution in [1.82, 2.24) is 6.15 Å². The maximum Gasteiger partial charge on any atom is 0.351 e. The van der Waals surface area contributed by atoms with Crippen LogP contribution in [0.1, 0.15) is 0 Å². The second kappa shape index (κ2) is 6.61. The maximum absolute atomic E-state index is 9.04. The fourth-order valence-corrected chi connectivity index (χ4v) is 0. The van der Waals surface area contributed by atoms with Gasteiger partial charge in [0.1, 0.15) is 0 Å². The molecule has 0 heterocycles. The summed E-state index contributed by atoms with van der Waals surface area (Å²) in [4.78, 5) is 18.0. The first kappa shape index (κ1) is 15.6. The van der Waals surface area contributed by atoms with Crippen LogP contribution < -0.4 is 11.3 Å². The summed E-state index contributed by atoms with van der Waals surface area (Å²) in [7, 11) is 0. The molecule has 6 heteroatoms. The van der Waals surface area contributed by atoms with E-state index in [9.17, 15) is 0 Å². The van der Waals surface area contributed by atoms with Gasteiger partial charge in [-0.05, 0) is 0 Å². The Hall–Kier alpha value is -0.386. The van der Waals surface area contributed by atoms with E-state index in [0.717, 1.165) is 0 Å². The molecule has 0 aromatic carbocycles. The Morgan fingerprint density at radius 1 is 1.38 bits per heavy atom. The second-order valence-corrected chi connectivity index (χ2v) is 0.593. The van der Waals surface area contributed by atoms with Crippen LogP contribution >= 0.6 is 0 Å². The molecule has 0 aliphatic heterocycles. The number of quaternary nitrogens is 1. The van der Waals surface area contributed by atoms with Crippen LogP contribution in [-0.2, 0) is 31.3 Å². The predicted octanol–water partition coefficient (Wildman–Crippen LogP) is -1.81. The molecule has 0 aromatic heterocycles. The molecular weight excluding hydrogens is 150 g/mol. The van der Waals surface area contributed by atoms with Crippen molar-refractivity contribution in [3.63, 3.8) is 0 Å². The van der Waals surface area contributed by atoms with E-state index in [1.54, 1.807) is 0 Å². The average Bonchev–Trinajstić information content (AvgIpc) is 1.36. The number of carboxylic acid groups (broad SMARTS) is 2. The van der Waals surface area contributed by atoms with Crippen LogP contribution in [0.4, 0.5) is 0 Å². The van der Waals surface area contributed by atoms with Crippen molar-refractivity contribution in [2.45, 2.75) is 0 Å². The zero-order valence-electron chi connectivity index (χ0n) is 4.17. The van der Waals surface area contributed by atoms with Crippen LogP contribution in [0.2, 0.25) is 0 Å². The first-order valence-electron chi connectivity index (χ1n) is 1.09. The van der Waals surface area contributed by atoms with E-state index in [1.165, 1.54) is 0 Å². The molecule has 0 bridgehead atoms. The number of carbonyl (C=O) groups is 2. The van der Waals surface area contributed by atoms with Crippen molar-refractivity contribution in [2.75, 3.05) is 0 Å². The number of carbonyl (C=O) groups excluding carboxylic acids is 1. The van der Waals surface area contributed by atoms with Crippen molar-refractivity contribution in [1.29, 1.82) is 0 Å². The summed E-state index contributed by atoms with van der Waals surface area (Å²) in [6.07, 6.45) is 0. The molecule has 8 heavy (non-hydrogen) atoms. The Morgan fingerprint density at radius 2 is 1.50 bits per heavy atom. The topological polar surface area (TPSA) is 114 Å². The SMILES string of the molecule is O=C([O-])C(=O)O.[NH4+].[Ti]. The number of hydrogen-bond donors (Lipinski definition) is 2. The van der Waals surface area contributed by atoms with Gasteiger partial charge in [-0.3, -0.25) is 0 Å². The molecule has 0 amide bonds. The van der Waals surface area contributed by atoms with Crippen LogP contribution in [-0.4, -0.2) is 17.0 Å². The molecule has 0 aliphatic carbocycles. The van der Waals surface area contributed by atoms with E-state index >= 15 is 0 Å². The smallest absolute Gasteiger partial charge is 0.351 e. The number of aliphatic carboxylic acids is 2. The van der Waals surface area contributed by atoms with Gasteiger partial charge in [-0.2, -0.15) is 0 Å². The number of rotatable bonds is 0. The summed E-state index contributed by atoms with van der Waals surface area (Å²) < 4.78 is 0. The van der Waals surface area contributed by atoms with Crippen LogP contribution in [0.5, 0.6) is 0 Å². The van der Waals surface area contributed by atoms with Crippen molar-refractivity contribution in [2.24, 2.45) is 0 Å². The molecular formula is C2H5NO4Ti. The molecule has 0 saturated heterocycles. The van der Waals surface area contributed by atoms with E-state index < -0.39 is 11.9 Å². The fourth-order valence-electron chi connectivity index (χ4n) is 0. The monoisotopic (exact) mass is 155 g/mol. The van der Waals surface area contributed by atoms with Crippen molar-refractivity contribution in [3.8, 4) is 0 Å². The summed E-state index contributed by atoms with van der Waals surface area (Å²) in [6, 6.07) is 0. The summed E-state index contributed by atoms with van der Waals surface area (Å²) in [5, 5.41) is 16.3. The van der Waals surface area contributed by atoms with Gasteiger partial charge in [0.2, 0.25) is 0 Å². The summed E-state index contributed by atoms with van der Waals surface area (Å²) in [5.74, 6) is -4.01. The second-order valence-electron chi connectivity index (χ2n) is 0.593. The van der Waals surface area contributed by atoms with Crippen LogP contribution in [0, 0.1) is 0 Å². The molecule has 0 radical (unpaired) electrons. The quantitative estimate of drug-likeness (QED) is 0.317. The van der Waals surface area contributed by atoms with Gasteiger partial charge in [0.25, 0.3) is 0 Å². The maximum atomic E-state index is 9.04. The third-order valence-corrected chi connectivity index (χ3v) is 0.175. The molecule has 0 fully saturated rings. The van der Waals surface area contributed by atoms with Gasteiger partial charge in [-0.25, -0.2) is 4.79 Å². The molecule has 0 rings (SSSR count). The zero-order chi connectivity index (χ0) is 5.15. The molecule has 46 valence electrons. The van der Waals surface area contributed by atoms with Gasteiger partial charge in [0, 0.05) is 21.7 Å². The van der Waals surface area contributed by atoms with Crippen LogP contribution in [0.25, 0.3) is 0 Å². The molecule has 0 aliphatic rings. The number of carboxylic acids is 2. The largest absolute Gasteiger partial charge is 0.539 e. The van der Waals surface area contributed by atoms with E-state index in [2.05, 4.69) is 0 Å². The minimum absolute atomic E-state index is 0. The Kier molecular flexibility index (Phi) is 12.9.